The van der Waals surface area contributed by atoms with E-state index in [-0.39, 0.29) is 11.4 Å². The maximum absolute atomic E-state index is 13.8. The van der Waals surface area contributed by atoms with Gasteiger partial charge in [0.1, 0.15) is 17.2 Å². The fraction of sp³-hybridized carbons (Fsp3) is 0.143. The van der Waals surface area contributed by atoms with Gasteiger partial charge in [-0.3, -0.25) is 0 Å². The Morgan fingerprint density at radius 2 is 1.57 bits per heavy atom. The highest BCUT2D eigenvalue weighted by atomic mass is 35.5. The number of nitrogens with two attached hydrogens (primary N) is 1. The summed E-state index contributed by atoms with van der Waals surface area (Å²) in [5.41, 5.74) is 5.34. The SMILES string of the molecule is COc1cc(Nc2c(F)cc(N)cc2F)c(OC)cc1Cl. The molecule has 0 amide bonds. The Labute approximate surface area is 125 Å². The van der Waals surface area contributed by atoms with Crippen LogP contribution >= 0.6 is 11.6 Å². The molecule has 0 saturated carbocycles. The van der Waals surface area contributed by atoms with Crippen LogP contribution in [0.3, 0.4) is 0 Å². The molecular weight excluding hydrogens is 302 g/mol. The minimum atomic E-state index is -0.816. The second kappa shape index (κ2) is 6.05. The van der Waals surface area contributed by atoms with E-state index in [1.54, 1.807) is 0 Å². The number of ether oxygens (including phenoxy) is 2. The number of hydrogen-bond acceptors (Lipinski definition) is 4. The van der Waals surface area contributed by atoms with Gasteiger partial charge in [-0.1, -0.05) is 11.6 Å². The van der Waals surface area contributed by atoms with Gasteiger partial charge in [0.25, 0.3) is 0 Å². The molecule has 0 atom stereocenters. The molecule has 0 spiro atoms. The number of methoxy groups -OCH3 is 2. The highest BCUT2D eigenvalue weighted by Gasteiger charge is 2.15. The summed E-state index contributed by atoms with van der Waals surface area (Å²) in [5, 5.41) is 2.94. The van der Waals surface area contributed by atoms with Crippen LogP contribution in [-0.2, 0) is 0 Å². The zero-order valence-corrected chi connectivity index (χ0v) is 12.1. The van der Waals surface area contributed by atoms with Gasteiger partial charge in [0, 0.05) is 17.8 Å². The van der Waals surface area contributed by atoms with Crippen LogP contribution in [0.25, 0.3) is 0 Å². The lowest BCUT2D eigenvalue weighted by Crippen LogP contribution is -2.02. The van der Waals surface area contributed by atoms with Gasteiger partial charge in [-0.15, -0.1) is 0 Å². The number of hydrogen-bond donors (Lipinski definition) is 2. The Balaban J connectivity index is 2.48. The average Bonchev–Trinajstić information content (AvgIpc) is 2.43. The van der Waals surface area contributed by atoms with Gasteiger partial charge < -0.3 is 20.5 Å². The molecule has 0 radical (unpaired) electrons. The Morgan fingerprint density at radius 3 is 2.10 bits per heavy atom. The molecule has 0 aliphatic heterocycles. The van der Waals surface area contributed by atoms with E-state index in [1.807, 2.05) is 0 Å². The van der Waals surface area contributed by atoms with Gasteiger partial charge in [0.05, 0.1) is 24.9 Å². The van der Waals surface area contributed by atoms with Crippen molar-refractivity contribution in [2.75, 3.05) is 25.3 Å². The predicted octanol–water partition coefficient (Wildman–Crippen LogP) is 3.96. The van der Waals surface area contributed by atoms with E-state index in [4.69, 9.17) is 26.8 Å². The second-order valence-corrected chi connectivity index (χ2v) is 4.58. The van der Waals surface area contributed by atoms with E-state index < -0.39 is 11.6 Å². The molecule has 112 valence electrons. The first kappa shape index (κ1) is 15.2. The minimum absolute atomic E-state index is 0.00352. The summed E-state index contributed by atoms with van der Waals surface area (Å²) in [7, 11) is 2.85. The highest BCUT2D eigenvalue weighted by molar-refractivity contribution is 6.32. The van der Waals surface area contributed by atoms with Crippen LogP contribution < -0.4 is 20.5 Å². The molecule has 21 heavy (non-hydrogen) atoms. The Bertz CT molecular complexity index is 657. The van der Waals surface area contributed by atoms with Gasteiger partial charge in [-0.2, -0.15) is 0 Å². The van der Waals surface area contributed by atoms with Crippen LogP contribution in [0.15, 0.2) is 24.3 Å². The van der Waals surface area contributed by atoms with Crippen molar-refractivity contribution in [3.63, 3.8) is 0 Å². The van der Waals surface area contributed by atoms with Crippen molar-refractivity contribution in [2.24, 2.45) is 0 Å². The number of rotatable bonds is 4. The molecule has 0 aliphatic carbocycles. The number of halogens is 3. The molecule has 2 rings (SSSR count). The van der Waals surface area contributed by atoms with E-state index >= 15 is 0 Å². The van der Waals surface area contributed by atoms with Crippen molar-refractivity contribution in [1.82, 2.24) is 0 Å². The molecule has 0 saturated heterocycles. The number of benzene rings is 2. The fourth-order valence-electron chi connectivity index (χ4n) is 1.80. The number of nitrogen functional groups attached to an aromatic ring is 1. The summed E-state index contributed by atoms with van der Waals surface area (Å²) in [6.45, 7) is 0. The molecule has 0 heterocycles. The van der Waals surface area contributed by atoms with Crippen molar-refractivity contribution in [3.05, 3.63) is 40.9 Å². The molecule has 0 fully saturated rings. The molecule has 0 aliphatic rings. The molecule has 7 heteroatoms. The smallest absolute Gasteiger partial charge is 0.151 e. The summed E-state index contributed by atoms with van der Waals surface area (Å²) in [6.07, 6.45) is 0. The molecule has 3 N–H and O–H groups in total. The predicted molar refractivity (Wildman–Crippen MR) is 78.6 cm³/mol. The molecule has 0 unspecified atom stereocenters. The number of anilines is 3. The normalized spacial score (nSPS) is 10.3. The zero-order chi connectivity index (χ0) is 15.6. The number of nitrogens with one attached hydrogen (secondary N) is 1. The van der Waals surface area contributed by atoms with E-state index in [1.165, 1.54) is 26.4 Å². The largest absolute Gasteiger partial charge is 0.495 e. The first-order chi connectivity index (χ1) is 9.96. The van der Waals surface area contributed by atoms with Gasteiger partial charge in [-0.25, -0.2) is 8.78 Å². The molecule has 0 bridgehead atoms. The quantitative estimate of drug-likeness (QED) is 0.839. The monoisotopic (exact) mass is 314 g/mol. The van der Waals surface area contributed by atoms with E-state index in [0.717, 1.165) is 12.1 Å². The Hall–Kier alpha value is -2.21. The molecule has 2 aromatic carbocycles. The van der Waals surface area contributed by atoms with Gasteiger partial charge in [0.2, 0.25) is 0 Å². The first-order valence-corrected chi connectivity index (χ1v) is 6.27. The van der Waals surface area contributed by atoms with Crippen molar-refractivity contribution in [1.29, 1.82) is 0 Å². The van der Waals surface area contributed by atoms with Gasteiger partial charge in [-0.05, 0) is 12.1 Å². The zero-order valence-electron chi connectivity index (χ0n) is 11.3. The summed E-state index contributed by atoms with van der Waals surface area (Å²) in [6, 6.07) is 5.00. The van der Waals surface area contributed by atoms with Crippen LogP contribution in [0, 0.1) is 11.6 Å². The van der Waals surface area contributed by atoms with Crippen LogP contribution in [0.5, 0.6) is 11.5 Å². The summed E-state index contributed by atoms with van der Waals surface area (Å²) < 4.78 is 37.8. The van der Waals surface area contributed by atoms with Crippen LogP contribution in [0.4, 0.5) is 25.8 Å². The maximum atomic E-state index is 13.8. The lowest BCUT2D eigenvalue weighted by Gasteiger charge is -2.15. The van der Waals surface area contributed by atoms with Crippen molar-refractivity contribution < 1.29 is 18.3 Å². The van der Waals surface area contributed by atoms with E-state index in [9.17, 15) is 8.78 Å². The van der Waals surface area contributed by atoms with Crippen molar-refractivity contribution in [3.8, 4) is 11.5 Å². The van der Waals surface area contributed by atoms with Crippen molar-refractivity contribution in [2.45, 2.75) is 0 Å². The lowest BCUT2D eigenvalue weighted by atomic mass is 10.2. The Morgan fingerprint density at radius 1 is 1.00 bits per heavy atom. The molecular formula is C14H13ClF2N2O2. The Kier molecular flexibility index (Phi) is 4.37. The minimum Gasteiger partial charge on any atom is -0.495 e. The van der Waals surface area contributed by atoms with E-state index in [2.05, 4.69) is 5.32 Å². The van der Waals surface area contributed by atoms with Crippen LogP contribution in [0.1, 0.15) is 0 Å². The third-order valence-corrected chi connectivity index (χ3v) is 3.09. The summed E-state index contributed by atoms with van der Waals surface area (Å²) in [4.78, 5) is 0. The third-order valence-electron chi connectivity index (χ3n) is 2.80. The van der Waals surface area contributed by atoms with Crippen molar-refractivity contribution >= 4 is 28.7 Å². The molecule has 2 aromatic rings. The highest BCUT2D eigenvalue weighted by Crippen LogP contribution is 2.38. The molecule has 4 nitrogen and oxygen atoms in total. The average molecular weight is 315 g/mol. The first-order valence-electron chi connectivity index (χ1n) is 5.89. The third kappa shape index (κ3) is 3.11. The summed E-state index contributed by atoms with van der Waals surface area (Å²) in [5.74, 6) is -0.973. The van der Waals surface area contributed by atoms with Crippen LogP contribution in [0.2, 0.25) is 5.02 Å². The van der Waals surface area contributed by atoms with Crippen LogP contribution in [-0.4, -0.2) is 14.2 Å². The van der Waals surface area contributed by atoms with E-state index in [0.29, 0.717) is 22.2 Å². The topological polar surface area (TPSA) is 56.5 Å². The van der Waals surface area contributed by atoms with Gasteiger partial charge >= 0.3 is 0 Å². The fourth-order valence-corrected chi connectivity index (χ4v) is 2.04. The molecule has 0 aromatic heterocycles. The summed E-state index contributed by atoms with van der Waals surface area (Å²) >= 11 is 5.97. The lowest BCUT2D eigenvalue weighted by molar-refractivity contribution is 0.405. The van der Waals surface area contributed by atoms with Gasteiger partial charge in [0.15, 0.2) is 11.6 Å². The standard InChI is InChI=1S/C14H13ClF2N2O2/c1-20-12-6-11(13(21-2)5-8(12)15)19-14-9(16)3-7(18)4-10(14)17/h3-6,19H,18H2,1-2H3. The maximum Gasteiger partial charge on any atom is 0.151 e. The second-order valence-electron chi connectivity index (χ2n) is 4.17.